The lowest BCUT2D eigenvalue weighted by Gasteiger charge is -2.36. The molecule has 118 valence electrons. The third-order valence-electron chi connectivity index (χ3n) is 4.74. The summed E-state index contributed by atoms with van der Waals surface area (Å²) in [5, 5.41) is 3.61. The number of nitrogens with one attached hydrogen (secondary N) is 1. The van der Waals surface area contributed by atoms with E-state index in [0.717, 1.165) is 30.2 Å². The van der Waals surface area contributed by atoms with E-state index in [1.54, 1.807) is 14.2 Å². The second-order valence-electron chi connectivity index (χ2n) is 6.08. The Morgan fingerprint density at radius 2 is 1.86 bits per heavy atom. The van der Waals surface area contributed by atoms with E-state index >= 15 is 0 Å². The van der Waals surface area contributed by atoms with Gasteiger partial charge in [0.1, 0.15) is 0 Å². The van der Waals surface area contributed by atoms with Crippen molar-refractivity contribution >= 4 is 0 Å². The predicted octanol–water partition coefficient (Wildman–Crippen LogP) is 2.67. The molecule has 1 aromatic rings. The number of hydrogen-bond acceptors (Lipinski definition) is 4. The van der Waals surface area contributed by atoms with Gasteiger partial charge in [0, 0.05) is 24.2 Å². The highest BCUT2D eigenvalue weighted by Gasteiger charge is 2.35. The van der Waals surface area contributed by atoms with Gasteiger partial charge in [-0.1, -0.05) is 25.0 Å². The molecule has 0 saturated heterocycles. The number of hydrogen-bond donors (Lipinski definition) is 1. The number of nitrogens with zero attached hydrogens (tertiary/aromatic N) is 1. The molecule has 1 aromatic carbocycles. The Morgan fingerprint density at radius 1 is 1.14 bits per heavy atom. The van der Waals surface area contributed by atoms with Crippen LogP contribution in [-0.2, 0) is 6.54 Å². The summed E-state index contributed by atoms with van der Waals surface area (Å²) in [7, 11) is 7.76. The molecule has 1 aliphatic carbocycles. The molecule has 4 heteroatoms. The third kappa shape index (κ3) is 3.50. The number of ether oxygens (including phenoxy) is 2. The maximum absolute atomic E-state index is 5.49. The average Bonchev–Trinajstić information content (AvgIpc) is 2.97. The van der Waals surface area contributed by atoms with Crippen molar-refractivity contribution in [1.82, 2.24) is 10.2 Å². The number of benzene rings is 1. The molecule has 1 saturated carbocycles. The average molecular weight is 292 g/mol. The zero-order chi connectivity index (χ0) is 15.3. The van der Waals surface area contributed by atoms with E-state index in [2.05, 4.69) is 30.4 Å². The first-order chi connectivity index (χ1) is 10.1. The van der Waals surface area contributed by atoms with Gasteiger partial charge in [0.05, 0.1) is 14.2 Å². The van der Waals surface area contributed by atoms with E-state index in [4.69, 9.17) is 9.47 Å². The van der Waals surface area contributed by atoms with Crippen molar-refractivity contribution in [2.75, 3.05) is 34.9 Å². The molecule has 0 spiro atoms. The Kier molecular flexibility index (Phi) is 5.48. The van der Waals surface area contributed by atoms with Crippen LogP contribution in [0.3, 0.4) is 0 Å². The molecule has 0 aromatic heterocycles. The summed E-state index contributed by atoms with van der Waals surface area (Å²) >= 11 is 0. The maximum Gasteiger partial charge on any atom is 0.165 e. The van der Waals surface area contributed by atoms with E-state index in [1.807, 2.05) is 12.1 Å². The van der Waals surface area contributed by atoms with Gasteiger partial charge in [-0.3, -0.25) is 0 Å². The molecule has 0 heterocycles. The van der Waals surface area contributed by atoms with Gasteiger partial charge in [-0.15, -0.1) is 0 Å². The Balaban J connectivity index is 2.00. The molecule has 0 atom stereocenters. The largest absolute Gasteiger partial charge is 0.493 e. The van der Waals surface area contributed by atoms with Gasteiger partial charge in [0.15, 0.2) is 11.5 Å². The van der Waals surface area contributed by atoms with Crippen molar-refractivity contribution in [3.8, 4) is 11.5 Å². The number of likely N-dealkylation sites (N-methyl/N-ethyl adjacent to an activating group) is 1. The van der Waals surface area contributed by atoms with Gasteiger partial charge in [-0.2, -0.15) is 0 Å². The van der Waals surface area contributed by atoms with Crippen molar-refractivity contribution in [1.29, 1.82) is 0 Å². The molecule has 0 unspecified atom stereocenters. The van der Waals surface area contributed by atoms with Gasteiger partial charge in [0.2, 0.25) is 0 Å². The minimum Gasteiger partial charge on any atom is -0.493 e. The highest BCUT2D eigenvalue weighted by molar-refractivity contribution is 5.46. The van der Waals surface area contributed by atoms with Crippen LogP contribution >= 0.6 is 0 Å². The second-order valence-corrected chi connectivity index (χ2v) is 6.08. The summed E-state index contributed by atoms with van der Waals surface area (Å²) in [6, 6.07) is 6.03. The van der Waals surface area contributed by atoms with Crippen LogP contribution in [0.25, 0.3) is 0 Å². The zero-order valence-electron chi connectivity index (χ0n) is 13.7. The maximum atomic E-state index is 5.49. The SMILES string of the molecule is COc1cccc(CNCC2(N(C)C)CCCC2)c1OC. The zero-order valence-corrected chi connectivity index (χ0v) is 13.7. The van der Waals surface area contributed by atoms with E-state index in [0.29, 0.717) is 5.54 Å². The Hall–Kier alpha value is -1.26. The fourth-order valence-corrected chi connectivity index (χ4v) is 3.34. The van der Waals surface area contributed by atoms with Crippen molar-refractivity contribution in [2.24, 2.45) is 0 Å². The van der Waals surface area contributed by atoms with E-state index in [1.165, 1.54) is 25.7 Å². The van der Waals surface area contributed by atoms with Gasteiger partial charge in [-0.05, 0) is 33.0 Å². The molecular weight excluding hydrogens is 264 g/mol. The van der Waals surface area contributed by atoms with Gasteiger partial charge >= 0.3 is 0 Å². The first-order valence-electron chi connectivity index (χ1n) is 7.71. The molecular formula is C17H28N2O2. The molecule has 0 bridgehead atoms. The first kappa shape index (κ1) is 16.1. The lowest BCUT2D eigenvalue weighted by molar-refractivity contribution is 0.153. The molecule has 4 nitrogen and oxygen atoms in total. The molecule has 1 aliphatic rings. The standard InChI is InChI=1S/C17H28N2O2/c1-19(2)17(10-5-6-11-17)13-18-12-14-8-7-9-15(20-3)16(14)21-4/h7-9,18H,5-6,10-13H2,1-4H3. The van der Waals surface area contributed by atoms with Gasteiger partial charge in [-0.25, -0.2) is 0 Å². The molecule has 0 aliphatic heterocycles. The monoisotopic (exact) mass is 292 g/mol. The molecule has 21 heavy (non-hydrogen) atoms. The molecule has 0 radical (unpaired) electrons. The summed E-state index contributed by atoms with van der Waals surface area (Å²) in [6.07, 6.45) is 5.23. The topological polar surface area (TPSA) is 33.7 Å². The van der Waals surface area contributed by atoms with Crippen molar-refractivity contribution in [3.63, 3.8) is 0 Å². The lowest BCUT2D eigenvalue weighted by Crippen LogP contribution is -2.49. The summed E-state index contributed by atoms with van der Waals surface area (Å²) in [4.78, 5) is 2.38. The van der Waals surface area contributed by atoms with Gasteiger partial charge in [0.25, 0.3) is 0 Å². The van der Waals surface area contributed by atoms with Crippen molar-refractivity contribution in [2.45, 2.75) is 37.8 Å². The molecule has 1 N–H and O–H groups in total. The number of para-hydroxylation sites is 1. The molecule has 1 fully saturated rings. The normalized spacial score (nSPS) is 17.2. The lowest BCUT2D eigenvalue weighted by atomic mass is 9.96. The number of rotatable bonds is 7. The first-order valence-corrected chi connectivity index (χ1v) is 7.71. The quantitative estimate of drug-likeness (QED) is 0.838. The van der Waals surface area contributed by atoms with Crippen LogP contribution in [0.4, 0.5) is 0 Å². The fraction of sp³-hybridized carbons (Fsp3) is 0.647. The summed E-state index contributed by atoms with van der Waals surface area (Å²) in [6.45, 7) is 1.82. The van der Waals surface area contributed by atoms with Crippen molar-refractivity contribution < 1.29 is 9.47 Å². The predicted molar refractivity (Wildman–Crippen MR) is 86.1 cm³/mol. The summed E-state index contributed by atoms with van der Waals surface area (Å²) < 4.78 is 10.8. The minimum atomic E-state index is 0.312. The second kappa shape index (κ2) is 7.14. The van der Waals surface area contributed by atoms with E-state index in [9.17, 15) is 0 Å². The van der Waals surface area contributed by atoms with Crippen molar-refractivity contribution in [3.05, 3.63) is 23.8 Å². The van der Waals surface area contributed by atoms with Crippen LogP contribution < -0.4 is 14.8 Å². The van der Waals surface area contributed by atoms with Crippen LogP contribution in [0.5, 0.6) is 11.5 Å². The Bertz CT molecular complexity index is 454. The fourth-order valence-electron chi connectivity index (χ4n) is 3.34. The number of methoxy groups -OCH3 is 2. The summed E-state index contributed by atoms with van der Waals surface area (Å²) in [5.74, 6) is 1.62. The third-order valence-corrected chi connectivity index (χ3v) is 4.74. The van der Waals surface area contributed by atoms with E-state index < -0.39 is 0 Å². The van der Waals surface area contributed by atoms with Crippen LogP contribution in [0, 0.1) is 0 Å². The molecule has 0 amide bonds. The highest BCUT2D eigenvalue weighted by Crippen LogP contribution is 2.34. The van der Waals surface area contributed by atoms with Crippen LogP contribution in [0.2, 0.25) is 0 Å². The summed E-state index contributed by atoms with van der Waals surface area (Å²) in [5.41, 5.74) is 1.45. The Labute approximate surface area is 128 Å². The van der Waals surface area contributed by atoms with Crippen LogP contribution in [0.15, 0.2) is 18.2 Å². The minimum absolute atomic E-state index is 0.312. The van der Waals surface area contributed by atoms with E-state index in [-0.39, 0.29) is 0 Å². The highest BCUT2D eigenvalue weighted by atomic mass is 16.5. The van der Waals surface area contributed by atoms with Crippen LogP contribution in [0.1, 0.15) is 31.2 Å². The Morgan fingerprint density at radius 3 is 2.43 bits per heavy atom. The van der Waals surface area contributed by atoms with Gasteiger partial charge < -0.3 is 19.7 Å². The van der Waals surface area contributed by atoms with Crippen LogP contribution in [-0.4, -0.2) is 45.3 Å². The smallest absolute Gasteiger partial charge is 0.165 e. The molecule has 2 rings (SSSR count).